The molecule has 138 valence electrons. The number of fused-ring (bicyclic) bond motifs is 4. The van der Waals surface area contributed by atoms with E-state index in [0.717, 1.165) is 34.3 Å². The van der Waals surface area contributed by atoms with Gasteiger partial charge in [0, 0.05) is 30.8 Å². The summed E-state index contributed by atoms with van der Waals surface area (Å²) in [5, 5.41) is 1.10. The van der Waals surface area contributed by atoms with E-state index in [2.05, 4.69) is 11.1 Å². The molecule has 3 aromatic rings. The fourth-order valence-corrected chi connectivity index (χ4v) is 4.44. The summed E-state index contributed by atoms with van der Waals surface area (Å²) >= 11 is 0. The molecule has 2 aromatic heterocycles. The molecule has 1 fully saturated rings. The van der Waals surface area contributed by atoms with Gasteiger partial charge in [-0.2, -0.15) is 0 Å². The third kappa shape index (κ3) is 2.25. The van der Waals surface area contributed by atoms with Gasteiger partial charge in [-0.3, -0.25) is 9.59 Å². The van der Waals surface area contributed by atoms with Crippen molar-refractivity contribution in [3.05, 3.63) is 59.2 Å². The normalized spacial score (nSPS) is 22.3. The molecule has 27 heavy (non-hydrogen) atoms. The molecular weight excluding hydrogens is 342 g/mol. The second-order valence-electron chi connectivity index (χ2n) is 7.34. The Labute approximate surface area is 156 Å². The van der Waals surface area contributed by atoms with E-state index in [-0.39, 0.29) is 18.4 Å². The summed E-state index contributed by atoms with van der Waals surface area (Å²) in [7, 11) is 1.69. The minimum Gasteiger partial charge on any atom is -0.463 e. The van der Waals surface area contributed by atoms with Crippen molar-refractivity contribution in [2.24, 2.45) is 0 Å². The van der Waals surface area contributed by atoms with Gasteiger partial charge in [0.2, 0.25) is 11.8 Å². The van der Waals surface area contributed by atoms with Crippen LogP contribution in [0.25, 0.3) is 10.9 Å². The number of furan rings is 1. The number of aromatic amines is 1. The zero-order chi connectivity index (χ0) is 18.7. The maximum Gasteiger partial charge on any atom is 0.245 e. The molecule has 0 unspecified atom stereocenters. The Morgan fingerprint density at radius 1 is 1.19 bits per heavy atom. The Bertz CT molecular complexity index is 1060. The number of piperazine rings is 1. The van der Waals surface area contributed by atoms with Crippen molar-refractivity contribution in [3.63, 3.8) is 0 Å². The van der Waals surface area contributed by atoms with Crippen molar-refractivity contribution in [1.29, 1.82) is 0 Å². The van der Waals surface area contributed by atoms with Gasteiger partial charge in [0.15, 0.2) is 0 Å². The second-order valence-corrected chi connectivity index (χ2v) is 7.34. The second kappa shape index (κ2) is 5.74. The highest BCUT2D eigenvalue weighted by Gasteiger charge is 2.48. The first-order chi connectivity index (χ1) is 13.1. The number of para-hydroxylation sites is 1. The molecule has 2 amide bonds. The maximum absolute atomic E-state index is 12.9. The fourth-order valence-electron chi connectivity index (χ4n) is 4.44. The minimum atomic E-state index is -0.497. The molecule has 2 aliphatic heterocycles. The molecule has 1 aromatic carbocycles. The molecule has 0 radical (unpaired) electrons. The highest BCUT2D eigenvalue weighted by molar-refractivity contribution is 5.97. The zero-order valence-corrected chi connectivity index (χ0v) is 15.4. The van der Waals surface area contributed by atoms with Crippen LogP contribution < -0.4 is 0 Å². The monoisotopic (exact) mass is 363 g/mol. The van der Waals surface area contributed by atoms with Gasteiger partial charge >= 0.3 is 0 Å². The largest absolute Gasteiger partial charge is 0.463 e. The van der Waals surface area contributed by atoms with Crippen LogP contribution in [0.15, 0.2) is 40.8 Å². The van der Waals surface area contributed by atoms with Gasteiger partial charge in [-0.15, -0.1) is 0 Å². The van der Waals surface area contributed by atoms with E-state index in [1.165, 1.54) is 4.90 Å². The number of likely N-dealkylation sites (N-methyl/N-ethyl adjacent to an activating group) is 1. The molecule has 6 nitrogen and oxygen atoms in total. The Kier molecular flexibility index (Phi) is 3.44. The first kappa shape index (κ1) is 16.2. The molecule has 2 aliphatic rings. The summed E-state index contributed by atoms with van der Waals surface area (Å²) in [4.78, 5) is 32.6. The van der Waals surface area contributed by atoms with Gasteiger partial charge in [-0.1, -0.05) is 25.1 Å². The predicted octanol–water partition coefficient (Wildman–Crippen LogP) is 2.64. The summed E-state index contributed by atoms with van der Waals surface area (Å²) in [6.45, 7) is 2.13. The number of aromatic nitrogens is 1. The lowest BCUT2D eigenvalue weighted by Gasteiger charge is -2.45. The summed E-state index contributed by atoms with van der Waals surface area (Å²) in [5.41, 5.74) is 3.07. The standard InChI is InChI=1S/C21H21N3O3/c1-3-12-8-9-17(27-12)20-19-14(13-6-4-5-7-15(13)22-19)10-16-21(26)23(2)11-18(25)24(16)20/h4-9,16,20,22H,3,10-11H2,1-2H3/t16-,20-/m1/s1. The lowest BCUT2D eigenvalue weighted by Crippen LogP contribution is -2.62. The van der Waals surface area contributed by atoms with Crippen LogP contribution in [0.4, 0.5) is 0 Å². The van der Waals surface area contributed by atoms with Crippen LogP contribution >= 0.6 is 0 Å². The summed E-state index contributed by atoms with van der Waals surface area (Å²) in [5.74, 6) is 1.51. The summed E-state index contributed by atoms with van der Waals surface area (Å²) < 4.78 is 6.05. The zero-order valence-electron chi connectivity index (χ0n) is 15.4. The predicted molar refractivity (Wildman–Crippen MR) is 100 cm³/mol. The molecular formula is C21H21N3O3. The molecule has 0 aliphatic carbocycles. The molecule has 5 rings (SSSR count). The van der Waals surface area contributed by atoms with Crippen LogP contribution in [0.5, 0.6) is 0 Å². The third-order valence-corrected chi connectivity index (χ3v) is 5.75. The van der Waals surface area contributed by atoms with Crippen molar-refractivity contribution >= 4 is 22.7 Å². The molecule has 0 spiro atoms. The van der Waals surface area contributed by atoms with E-state index >= 15 is 0 Å². The first-order valence-electron chi connectivity index (χ1n) is 9.32. The molecule has 0 bridgehead atoms. The maximum atomic E-state index is 12.9. The number of aryl methyl sites for hydroxylation is 1. The Hall–Kier alpha value is -3.02. The van der Waals surface area contributed by atoms with Gasteiger partial charge in [0.25, 0.3) is 0 Å². The number of rotatable bonds is 2. The Balaban J connectivity index is 1.75. The number of carbonyl (C=O) groups is 2. The van der Waals surface area contributed by atoms with Gasteiger partial charge < -0.3 is 19.2 Å². The SMILES string of the molecule is CCc1ccc([C@@H]2c3[nH]c4ccccc4c3C[C@@H]3C(=O)N(C)CC(=O)N23)o1. The number of carbonyl (C=O) groups excluding carboxylic acids is 2. The smallest absolute Gasteiger partial charge is 0.245 e. The third-order valence-electron chi connectivity index (χ3n) is 5.75. The van der Waals surface area contributed by atoms with E-state index in [9.17, 15) is 9.59 Å². The van der Waals surface area contributed by atoms with Crippen LogP contribution in [-0.4, -0.2) is 46.2 Å². The molecule has 2 atom stereocenters. The summed E-state index contributed by atoms with van der Waals surface area (Å²) in [6, 6.07) is 11.0. The van der Waals surface area contributed by atoms with Crippen LogP contribution in [0.2, 0.25) is 0 Å². The van der Waals surface area contributed by atoms with E-state index in [1.807, 2.05) is 37.3 Å². The van der Waals surface area contributed by atoms with Crippen molar-refractivity contribution in [3.8, 4) is 0 Å². The van der Waals surface area contributed by atoms with Crippen molar-refractivity contribution in [2.45, 2.75) is 31.8 Å². The van der Waals surface area contributed by atoms with E-state index in [1.54, 1.807) is 11.9 Å². The van der Waals surface area contributed by atoms with Crippen molar-refractivity contribution in [1.82, 2.24) is 14.8 Å². The fraction of sp³-hybridized carbons (Fsp3) is 0.333. The number of hydrogen-bond donors (Lipinski definition) is 1. The first-order valence-corrected chi connectivity index (χ1v) is 9.32. The van der Waals surface area contributed by atoms with Crippen LogP contribution in [0.3, 0.4) is 0 Å². The lowest BCUT2D eigenvalue weighted by atomic mass is 9.88. The number of nitrogens with zero attached hydrogens (tertiary/aromatic N) is 2. The van der Waals surface area contributed by atoms with Gasteiger partial charge in [0.05, 0.1) is 12.2 Å². The highest BCUT2D eigenvalue weighted by atomic mass is 16.3. The number of hydrogen-bond acceptors (Lipinski definition) is 3. The lowest BCUT2D eigenvalue weighted by molar-refractivity contribution is -0.157. The van der Waals surface area contributed by atoms with Crippen LogP contribution in [0.1, 0.15) is 35.7 Å². The quantitative estimate of drug-likeness (QED) is 0.761. The average molecular weight is 363 g/mol. The Morgan fingerprint density at radius 2 is 2.00 bits per heavy atom. The van der Waals surface area contributed by atoms with Crippen LogP contribution in [0, 0.1) is 0 Å². The number of amides is 2. The van der Waals surface area contributed by atoms with Gasteiger partial charge in [0.1, 0.15) is 23.6 Å². The van der Waals surface area contributed by atoms with E-state index in [0.29, 0.717) is 12.2 Å². The van der Waals surface area contributed by atoms with E-state index < -0.39 is 12.1 Å². The Morgan fingerprint density at radius 3 is 2.78 bits per heavy atom. The molecule has 4 heterocycles. The highest BCUT2D eigenvalue weighted by Crippen LogP contribution is 2.42. The van der Waals surface area contributed by atoms with E-state index in [4.69, 9.17) is 4.42 Å². The molecule has 6 heteroatoms. The topological polar surface area (TPSA) is 69.6 Å². The van der Waals surface area contributed by atoms with Crippen LogP contribution in [-0.2, 0) is 22.4 Å². The average Bonchev–Trinajstić information content (AvgIpc) is 3.29. The number of H-pyrrole nitrogens is 1. The number of nitrogens with one attached hydrogen (secondary N) is 1. The summed E-state index contributed by atoms with van der Waals surface area (Å²) in [6.07, 6.45) is 1.30. The van der Waals surface area contributed by atoms with Crippen molar-refractivity contribution < 1.29 is 14.0 Å². The molecule has 1 N–H and O–H groups in total. The number of benzene rings is 1. The van der Waals surface area contributed by atoms with Crippen molar-refractivity contribution in [2.75, 3.05) is 13.6 Å². The van der Waals surface area contributed by atoms with Gasteiger partial charge in [-0.25, -0.2) is 0 Å². The minimum absolute atomic E-state index is 0.0159. The molecule has 1 saturated heterocycles. The molecule has 0 saturated carbocycles. The van der Waals surface area contributed by atoms with Gasteiger partial charge in [-0.05, 0) is 23.8 Å².